The van der Waals surface area contributed by atoms with Gasteiger partial charge >= 0.3 is 5.97 Å². The van der Waals surface area contributed by atoms with Crippen LogP contribution in [-0.2, 0) is 4.74 Å². The Labute approximate surface area is 167 Å². The van der Waals surface area contributed by atoms with Crippen molar-refractivity contribution < 1.29 is 14.3 Å². The Morgan fingerprint density at radius 3 is 2.52 bits per heavy atom. The molecule has 0 saturated carbocycles. The second-order valence-corrected chi connectivity index (χ2v) is 5.86. The molecule has 0 saturated heterocycles. The maximum absolute atomic E-state index is 12.3. The summed E-state index contributed by atoms with van der Waals surface area (Å²) >= 11 is 0. The zero-order chi connectivity index (χ0) is 20.6. The Morgan fingerprint density at radius 1 is 1.07 bits per heavy atom. The molecule has 1 heterocycles. The first-order valence-corrected chi connectivity index (χ1v) is 8.77. The third-order valence-electron chi connectivity index (χ3n) is 3.80. The Hall–Kier alpha value is -4.25. The first kappa shape index (κ1) is 19.5. The van der Waals surface area contributed by atoms with Gasteiger partial charge in [0.2, 0.25) is 0 Å². The maximum Gasteiger partial charge on any atom is 0.338 e. The van der Waals surface area contributed by atoms with Crippen LogP contribution >= 0.6 is 0 Å². The van der Waals surface area contributed by atoms with Gasteiger partial charge in [-0.2, -0.15) is 5.26 Å². The van der Waals surface area contributed by atoms with Crippen LogP contribution in [0.4, 0.5) is 17.2 Å². The minimum Gasteiger partial charge on any atom is -0.462 e. The summed E-state index contributed by atoms with van der Waals surface area (Å²) in [5.41, 5.74) is 2.24. The van der Waals surface area contributed by atoms with E-state index >= 15 is 0 Å². The number of carbonyl (C=O) groups excluding carboxylic acids is 2. The number of esters is 1. The lowest BCUT2D eigenvalue weighted by atomic mass is 10.2. The summed E-state index contributed by atoms with van der Waals surface area (Å²) in [6.07, 6.45) is 2.78. The predicted octanol–water partition coefficient (Wildman–Crippen LogP) is 3.52. The molecule has 29 heavy (non-hydrogen) atoms. The molecular weight excluding hydrogens is 370 g/mol. The van der Waals surface area contributed by atoms with Crippen molar-refractivity contribution in [2.24, 2.45) is 0 Å². The summed E-state index contributed by atoms with van der Waals surface area (Å²) in [7, 11) is 0. The zero-order valence-electron chi connectivity index (χ0n) is 15.5. The third kappa shape index (κ3) is 5.14. The van der Waals surface area contributed by atoms with Crippen molar-refractivity contribution in [2.75, 3.05) is 17.2 Å². The van der Waals surface area contributed by atoms with E-state index in [1.165, 1.54) is 12.4 Å². The molecule has 144 valence electrons. The first-order valence-electron chi connectivity index (χ1n) is 8.77. The molecule has 0 unspecified atom stereocenters. The molecule has 8 heteroatoms. The molecule has 0 fully saturated rings. The van der Waals surface area contributed by atoms with E-state index in [1.807, 2.05) is 6.07 Å². The Morgan fingerprint density at radius 2 is 1.86 bits per heavy atom. The number of hydrogen-bond acceptors (Lipinski definition) is 7. The number of anilines is 3. The lowest BCUT2D eigenvalue weighted by Crippen LogP contribution is -2.14. The second kappa shape index (κ2) is 9.10. The van der Waals surface area contributed by atoms with Gasteiger partial charge in [0.25, 0.3) is 5.91 Å². The van der Waals surface area contributed by atoms with Gasteiger partial charge in [-0.3, -0.25) is 4.79 Å². The zero-order valence-corrected chi connectivity index (χ0v) is 15.5. The van der Waals surface area contributed by atoms with Gasteiger partial charge in [0, 0.05) is 11.4 Å². The number of nitrogens with zero attached hydrogens (tertiary/aromatic N) is 3. The van der Waals surface area contributed by atoms with Crippen molar-refractivity contribution in [2.45, 2.75) is 6.92 Å². The van der Waals surface area contributed by atoms with E-state index in [2.05, 4.69) is 20.6 Å². The van der Waals surface area contributed by atoms with E-state index < -0.39 is 5.91 Å². The van der Waals surface area contributed by atoms with Crippen LogP contribution in [-0.4, -0.2) is 28.5 Å². The van der Waals surface area contributed by atoms with Crippen LogP contribution in [0.2, 0.25) is 0 Å². The quantitative estimate of drug-likeness (QED) is 0.621. The lowest BCUT2D eigenvalue weighted by Gasteiger charge is -2.08. The fourth-order valence-corrected chi connectivity index (χ4v) is 2.42. The van der Waals surface area contributed by atoms with Gasteiger partial charge in [-0.1, -0.05) is 6.07 Å². The Bertz CT molecular complexity index is 1060. The largest absolute Gasteiger partial charge is 0.462 e. The maximum atomic E-state index is 12.3. The molecule has 0 bridgehead atoms. The third-order valence-corrected chi connectivity index (χ3v) is 3.80. The Balaban J connectivity index is 1.63. The molecule has 3 rings (SSSR count). The fourth-order valence-electron chi connectivity index (χ4n) is 2.42. The van der Waals surface area contributed by atoms with Gasteiger partial charge in [0.1, 0.15) is 11.5 Å². The van der Waals surface area contributed by atoms with Crippen molar-refractivity contribution >= 4 is 29.1 Å². The van der Waals surface area contributed by atoms with Crippen molar-refractivity contribution in [3.05, 3.63) is 77.7 Å². The molecule has 0 aliphatic rings. The minimum absolute atomic E-state index is 0.135. The van der Waals surface area contributed by atoms with E-state index in [0.717, 1.165) is 0 Å². The predicted molar refractivity (Wildman–Crippen MR) is 107 cm³/mol. The lowest BCUT2D eigenvalue weighted by molar-refractivity contribution is 0.0526. The number of ether oxygens (including phenoxy) is 1. The van der Waals surface area contributed by atoms with Crippen molar-refractivity contribution in [1.82, 2.24) is 9.97 Å². The van der Waals surface area contributed by atoms with Crippen LogP contribution < -0.4 is 10.6 Å². The number of benzene rings is 2. The second-order valence-electron chi connectivity index (χ2n) is 5.86. The van der Waals surface area contributed by atoms with Gasteiger partial charge in [-0.05, 0) is 49.4 Å². The van der Waals surface area contributed by atoms with Gasteiger partial charge in [-0.15, -0.1) is 0 Å². The molecule has 0 aliphatic heterocycles. The van der Waals surface area contributed by atoms with Crippen LogP contribution in [0, 0.1) is 11.3 Å². The fraction of sp³-hybridized carbons (Fsp3) is 0.0952. The summed E-state index contributed by atoms with van der Waals surface area (Å²) in [5, 5.41) is 14.6. The highest BCUT2D eigenvalue weighted by Crippen LogP contribution is 2.16. The summed E-state index contributed by atoms with van der Waals surface area (Å²) in [5.74, 6) is -0.371. The number of carbonyl (C=O) groups is 2. The number of rotatable bonds is 6. The standard InChI is InChI=1S/C21H17N5O3/c1-2-29-21(28)15-6-8-16(9-7-15)25-19-13-23-18(12-24-19)20(27)26-17-5-3-4-14(10-17)11-22/h3-10,12-13H,2H2,1H3,(H,24,25)(H,26,27). The number of hydrogen-bond donors (Lipinski definition) is 2. The van der Waals surface area contributed by atoms with Gasteiger partial charge in [0.15, 0.2) is 0 Å². The van der Waals surface area contributed by atoms with Crippen LogP contribution in [0.15, 0.2) is 60.9 Å². The molecular formula is C21H17N5O3. The number of nitrogens with one attached hydrogen (secondary N) is 2. The normalized spacial score (nSPS) is 9.93. The molecule has 0 aliphatic carbocycles. The van der Waals surface area contributed by atoms with E-state index in [9.17, 15) is 9.59 Å². The first-order chi connectivity index (χ1) is 14.1. The molecule has 0 spiro atoms. The highest BCUT2D eigenvalue weighted by atomic mass is 16.5. The van der Waals surface area contributed by atoms with Crippen molar-refractivity contribution in [3.8, 4) is 6.07 Å². The summed E-state index contributed by atoms with van der Waals surface area (Å²) < 4.78 is 4.94. The summed E-state index contributed by atoms with van der Waals surface area (Å²) in [6, 6.07) is 15.3. The van der Waals surface area contributed by atoms with Crippen molar-refractivity contribution in [3.63, 3.8) is 0 Å². The molecule has 3 aromatic rings. The number of aromatic nitrogens is 2. The SMILES string of the molecule is CCOC(=O)c1ccc(Nc2cnc(C(=O)Nc3cccc(C#N)c3)cn2)cc1. The van der Waals surface area contributed by atoms with E-state index in [-0.39, 0.29) is 11.7 Å². The molecule has 0 atom stereocenters. The van der Waals surface area contributed by atoms with Crippen LogP contribution in [0.25, 0.3) is 0 Å². The van der Waals surface area contributed by atoms with E-state index in [0.29, 0.717) is 34.9 Å². The molecule has 2 aromatic carbocycles. The van der Waals surface area contributed by atoms with E-state index in [4.69, 9.17) is 10.00 Å². The van der Waals surface area contributed by atoms with E-state index in [1.54, 1.807) is 55.5 Å². The molecule has 2 N–H and O–H groups in total. The number of amides is 1. The van der Waals surface area contributed by atoms with Crippen molar-refractivity contribution in [1.29, 1.82) is 5.26 Å². The molecule has 1 amide bonds. The average molecular weight is 387 g/mol. The monoisotopic (exact) mass is 387 g/mol. The summed E-state index contributed by atoms with van der Waals surface area (Å²) in [6.45, 7) is 2.07. The summed E-state index contributed by atoms with van der Waals surface area (Å²) in [4.78, 5) is 32.2. The van der Waals surface area contributed by atoms with Gasteiger partial charge in [0.05, 0.1) is 36.2 Å². The minimum atomic E-state index is -0.432. The smallest absolute Gasteiger partial charge is 0.338 e. The van der Waals surface area contributed by atoms with Crippen LogP contribution in [0.1, 0.15) is 33.3 Å². The van der Waals surface area contributed by atoms with Crippen LogP contribution in [0.3, 0.4) is 0 Å². The van der Waals surface area contributed by atoms with Gasteiger partial charge < -0.3 is 15.4 Å². The topological polar surface area (TPSA) is 117 Å². The highest BCUT2D eigenvalue weighted by Gasteiger charge is 2.10. The number of nitriles is 1. The van der Waals surface area contributed by atoms with Gasteiger partial charge in [-0.25, -0.2) is 14.8 Å². The highest BCUT2D eigenvalue weighted by molar-refractivity contribution is 6.02. The Kier molecular flexibility index (Phi) is 6.12. The molecule has 8 nitrogen and oxygen atoms in total. The molecule has 1 aromatic heterocycles. The molecule has 0 radical (unpaired) electrons. The van der Waals surface area contributed by atoms with Crippen LogP contribution in [0.5, 0.6) is 0 Å². The average Bonchev–Trinajstić information content (AvgIpc) is 2.75.